The van der Waals surface area contributed by atoms with Crippen molar-refractivity contribution in [1.82, 2.24) is 19.4 Å². The summed E-state index contributed by atoms with van der Waals surface area (Å²) in [5.74, 6) is -0.876. The molecule has 1 aliphatic rings. The van der Waals surface area contributed by atoms with Gasteiger partial charge in [0.15, 0.2) is 5.69 Å². The molecule has 1 aromatic heterocycles. The Balaban J connectivity index is 2.05. The van der Waals surface area contributed by atoms with Crippen LogP contribution >= 0.6 is 0 Å². The van der Waals surface area contributed by atoms with Gasteiger partial charge in [0.25, 0.3) is 5.91 Å². The van der Waals surface area contributed by atoms with Crippen LogP contribution in [0.3, 0.4) is 0 Å². The van der Waals surface area contributed by atoms with Crippen LogP contribution in [0.25, 0.3) is 0 Å². The first kappa shape index (κ1) is 18.4. The number of carbonyl (C=O) groups is 2. The minimum atomic E-state index is -3.22. The van der Waals surface area contributed by atoms with Gasteiger partial charge in [-0.3, -0.25) is 14.3 Å². The Morgan fingerprint density at radius 3 is 2.46 bits per heavy atom. The Hall–Kier alpha value is -1.94. The average molecular weight is 357 g/mol. The maximum absolute atomic E-state index is 12.4. The van der Waals surface area contributed by atoms with E-state index in [2.05, 4.69) is 15.7 Å². The number of aromatic nitrogens is 2. The maximum atomic E-state index is 12.4. The predicted octanol–water partition coefficient (Wildman–Crippen LogP) is -0.127. The number of amides is 2. The highest BCUT2D eigenvalue weighted by Gasteiger charge is 2.30. The first-order chi connectivity index (χ1) is 11.3. The van der Waals surface area contributed by atoms with Gasteiger partial charge >= 0.3 is 0 Å². The van der Waals surface area contributed by atoms with Crippen molar-refractivity contribution in [3.05, 3.63) is 11.9 Å². The molecule has 2 rings (SSSR count). The lowest BCUT2D eigenvalue weighted by atomic mass is 9.97. The highest BCUT2D eigenvalue weighted by atomic mass is 32.2. The molecule has 0 unspecified atom stereocenters. The molecular formula is C14H23N5O4S. The summed E-state index contributed by atoms with van der Waals surface area (Å²) in [6.07, 6.45) is 3.70. The molecule has 0 saturated carbocycles. The highest BCUT2D eigenvalue weighted by molar-refractivity contribution is 7.88. The van der Waals surface area contributed by atoms with Gasteiger partial charge in [-0.1, -0.05) is 0 Å². The molecule has 2 N–H and O–H groups in total. The Kier molecular flexibility index (Phi) is 5.60. The first-order valence-corrected chi connectivity index (χ1v) is 9.66. The van der Waals surface area contributed by atoms with E-state index in [9.17, 15) is 18.0 Å². The van der Waals surface area contributed by atoms with Gasteiger partial charge in [-0.2, -0.15) is 5.10 Å². The Bertz CT molecular complexity index is 720. The third-order valence-electron chi connectivity index (χ3n) is 4.08. The van der Waals surface area contributed by atoms with Crippen LogP contribution in [0.4, 0.5) is 5.69 Å². The van der Waals surface area contributed by atoms with Gasteiger partial charge < -0.3 is 10.6 Å². The molecule has 1 aliphatic heterocycles. The Morgan fingerprint density at radius 2 is 1.96 bits per heavy atom. The van der Waals surface area contributed by atoms with Gasteiger partial charge in [0, 0.05) is 38.8 Å². The van der Waals surface area contributed by atoms with E-state index in [0.29, 0.717) is 38.2 Å². The lowest BCUT2D eigenvalue weighted by Gasteiger charge is -2.29. The van der Waals surface area contributed by atoms with Crippen molar-refractivity contribution in [1.29, 1.82) is 0 Å². The summed E-state index contributed by atoms with van der Waals surface area (Å²) < 4.78 is 26.0. The fourth-order valence-corrected chi connectivity index (χ4v) is 3.52. The second-order valence-electron chi connectivity index (χ2n) is 5.75. The van der Waals surface area contributed by atoms with Crippen molar-refractivity contribution < 1.29 is 18.0 Å². The van der Waals surface area contributed by atoms with Crippen molar-refractivity contribution in [2.24, 2.45) is 5.92 Å². The molecule has 0 aromatic carbocycles. The molecule has 0 spiro atoms. The van der Waals surface area contributed by atoms with Crippen LogP contribution < -0.4 is 10.6 Å². The van der Waals surface area contributed by atoms with Crippen molar-refractivity contribution in [2.45, 2.75) is 26.3 Å². The summed E-state index contributed by atoms with van der Waals surface area (Å²) in [6, 6.07) is 0. The monoisotopic (exact) mass is 357 g/mol. The Morgan fingerprint density at radius 1 is 1.33 bits per heavy atom. The molecular weight excluding hydrogens is 334 g/mol. The van der Waals surface area contributed by atoms with Crippen LogP contribution in [0.5, 0.6) is 0 Å². The summed E-state index contributed by atoms with van der Waals surface area (Å²) in [5, 5.41) is 9.39. The van der Waals surface area contributed by atoms with Gasteiger partial charge in [0.1, 0.15) is 0 Å². The molecule has 1 aromatic rings. The summed E-state index contributed by atoms with van der Waals surface area (Å²) in [5.41, 5.74) is 0.535. The van der Waals surface area contributed by atoms with Gasteiger partial charge in [0.05, 0.1) is 11.9 Å². The van der Waals surface area contributed by atoms with E-state index >= 15 is 0 Å². The summed E-state index contributed by atoms with van der Waals surface area (Å²) in [7, 11) is -1.72. The molecule has 1 saturated heterocycles. The fourth-order valence-electron chi connectivity index (χ4n) is 2.65. The smallest absolute Gasteiger partial charge is 0.273 e. The number of hydrogen-bond acceptors (Lipinski definition) is 5. The van der Waals surface area contributed by atoms with Crippen LogP contribution in [0.15, 0.2) is 6.20 Å². The second kappa shape index (κ2) is 7.31. The normalized spacial score (nSPS) is 16.8. The quantitative estimate of drug-likeness (QED) is 0.762. The number of nitrogens with zero attached hydrogens (tertiary/aromatic N) is 3. The largest absolute Gasteiger partial charge is 0.354 e. The number of rotatable bonds is 5. The topological polar surface area (TPSA) is 113 Å². The number of sulfonamides is 1. The fraction of sp³-hybridized carbons (Fsp3) is 0.643. The van der Waals surface area contributed by atoms with Gasteiger partial charge in [-0.25, -0.2) is 12.7 Å². The van der Waals surface area contributed by atoms with Crippen LogP contribution in [0.1, 0.15) is 30.3 Å². The van der Waals surface area contributed by atoms with E-state index < -0.39 is 10.0 Å². The minimum Gasteiger partial charge on any atom is -0.354 e. The number of nitrogens with one attached hydrogen (secondary N) is 2. The zero-order valence-electron chi connectivity index (χ0n) is 14.1. The van der Waals surface area contributed by atoms with Crippen molar-refractivity contribution in [3.8, 4) is 0 Å². The zero-order chi connectivity index (χ0) is 17.9. The van der Waals surface area contributed by atoms with Gasteiger partial charge in [-0.15, -0.1) is 0 Å². The van der Waals surface area contributed by atoms with Gasteiger partial charge in [0.2, 0.25) is 15.9 Å². The molecule has 0 atom stereocenters. The molecule has 134 valence electrons. The number of piperidine rings is 1. The number of hydrogen-bond donors (Lipinski definition) is 2. The highest BCUT2D eigenvalue weighted by Crippen LogP contribution is 2.22. The van der Waals surface area contributed by atoms with E-state index in [-0.39, 0.29) is 23.4 Å². The first-order valence-electron chi connectivity index (χ1n) is 7.81. The molecule has 10 heteroatoms. The standard InChI is InChI=1S/C14H23N5O4S/c1-4-18-9-11(12(17-18)14(21)15-2)16-13(20)10-5-7-19(8-6-10)24(3,22)23/h9-10H,4-8H2,1-3H3,(H,15,21)(H,16,20). The third-order valence-corrected chi connectivity index (χ3v) is 5.38. The lowest BCUT2D eigenvalue weighted by molar-refractivity contribution is -0.120. The van der Waals surface area contributed by atoms with E-state index in [4.69, 9.17) is 0 Å². The molecule has 1 fully saturated rings. The minimum absolute atomic E-state index is 0.168. The molecule has 0 bridgehead atoms. The van der Waals surface area contributed by atoms with E-state index in [1.54, 1.807) is 10.9 Å². The molecule has 24 heavy (non-hydrogen) atoms. The SMILES string of the molecule is CCn1cc(NC(=O)C2CCN(S(C)(=O)=O)CC2)c(C(=O)NC)n1. The van der Waals surface area contributed by atoms with E-state index in [1.807, 2.05) is 6.92 Å². The average Bonchev–Trinajstić information content (AvgIpc) is 2.96. The van der Waals surface area contributed by atoms with Crippen molar-refractivity contribution in [2.75, 3.05) is 31.7 Å². The lowest BCUT2D eigenvalue weighted by Crippen LogP contribution is -2.41. The van der Waals surface area contributed by atoms with E-state index in [0.717, 1.165) is 0 Å². The summed E-state index contributed by atoms with van der Waals surface area (Å²) >= 11 is 0. The van der Waals surface area contributed by atoms with Crippen LogP contribution in [-0.4, -0.2) is 60.7 Å². The van der Waals surface area contributed by atoms with E-state index in [1.165, 1.54) is 17.6 Å². The van der Waals surface area contributed by atoms with Crippen molar-refractivity contribution in [3.63, 3.8) is 0 Å². The molecule has 9 nitrogen and oxygen atoms in total. The number of aryl methyl sites for hydroxylation is 1. The maximum Gasteiger partial charge on any atom is 0.273 e. The molecule has 2 heterocycles. The zero-order valence-corrected chi connectivity index (χ0v) is 14.9. The van der Waals surface area contributed by atoms with Crippen LogP contribution in [0.2, 0.25) is 0 Å². The van der Waals surface area contributed by atoms with Crippen molar-refractivity contribution >= 4 is 27.5 Å². The third kappa shape index (κ3) is 4.12. The molecule has 0 radical (unpaired) electrons. The summed E-state index contributed by atoms with van der Waals surface area (Å²) in [4.78, 5) is 24.3. The summed E-state index contributed by atoms with van der Waals surface area (Å²) in [6.45, 7) is 3.11. The van der Waals surface area contributed by atoms with Crippen LogP contribution in [0, 0.1) is 5.92 Å². The number of carbonyl (C=O) groups excluding carboxylic acids is 2. The van der Waals surface area contributed by atoms with Gasteiger partial charge in [-0.05, 0) is 19.8 Å². The second-order valence-corrected chi connectivity index (χ2v) is 7.73. The molecule has 2 amide bonds. The van der Waals surface area contributed by atoms with Crippen LogP contribution in [-0.2, 0) is 21.4 Å². The predicted molar refractivity (Wildman–Crippen MR) is 89.1 cm³/mol. The Labute approximate surface area is 141 Å². The number of anilines is 1. The molecule has 0 aliphatic carbocycles.